The largest absolute Gasteiger partial charge is 0.383 e. The molecule has 0 saturated heterocycles. The van der Waals surface area contributed by atoms with Gasteiger partial charge in [0.2, 0.25) is 0 Å². The van der Waals surface area contributed by atoms with E-state index in [1.807, 2.05) is 0 Å². The Kier molecular flexibility index (Phi) is 4.12. The molecule has 0 aliphatic heterocycles. The van der Waals surface area contributed by atoms with Crippen LogP contribution in [0.15, 0.2) is 54.6 Å². The number of methoxy groups -OCH3 is 1. The van der Waals surface area contributed by atoms with Gasteiger partial charge in [0.25, 0.3) is 0 Å². The monoisotopic (exact) mass is 332 g/mol. The molecule has 4 nitrogen and oxygen atoms in total. The molecule has 25 heavy (non-hydrogen) atoms. The van der Waals surface area contributed by atoms with E-state index in [0.717, 1.165) is 5.56 Å². The first kappa shape index (κ1) is 15.7. The minimum absolute atomic E-state index is 0.178. The van der Waals surface area contributed by atoms with Crippen molar-refractivity contribution in [3.05, 3.63) is 60.2 Å². The van der Waals surface area contributed by atoms with E-state index in [2.05, 4.69) is 65.2 Å². The van der Waals surface area contributed by atoms with Crippen molar-refractivity contribution in [2.75, 3.05) is 20.3 Å². The molecule has 0 spiro atoms. The van der Waals surface area contributed by atoms with Crippen molar-refractivity contribution in [1.29, 1.82) is 0 Å². The van der Waals surface area contributed by atoms with E-state index in [1.165, 1.54) is 32.3 Å². The number of rotatable bonds is 5. The number of carbonyl (C=O) groups excluding carboxylic acids is 1. The molecule has 4 aromatic rings. The zero-order valence-corrected chi connectivity index (χ0v) is 14.1. The Bertz CT molecular complexity index is 1030. The van der Waals surface area contributed by atoms with Crippen LogP contribution in [-0.4, -0.2) is 26.3 Å². The van der Waals surface area contributed by atoms with Crippen LogP contribution in [0.4, 0.5) is 4.79 Å². The Labute approximate surface area is 146 Å². The highest BCUT2D eigenvalue weighted by Gasteiger charge is 2.11. The topological polar surface area (TPSA) is 50.4 Å². The van der Waals surface area contributed by atoms with E-state index in [9.17, 15) is 4.79 Å². The number of benzene rings is 4. The highest BCUT2D eigenvalue weighted by Crippen LogP contribution is 2.35. The fourth-order valence-corrected chi connectivity index (χ4v) is 3.45. The molecule has 2 N–H and O–H groups in total. The molecule has 0 radical (unpaired) electrons. The summed E-state index contributed by atoms with van der Waals surface area (Å²) >= 11 is 0. The first-order valence-electron chi connectivity index (χ1n) is 8.44. The fraction of sp³-hybridized carbons (Fsp3) is 0.190. The number of hydrogen-bond acceptors (Lipinski definition) is 2. The summed E-state index contributed by atoms with van der Waals surface area (Å²) in [6.07, 6.45) is 0. The van der Waals surface area contributed by atoms with Crippen LogP contribution in [0.5, 0.6) is 0 Å². The van der Waals surface area contributed by atoms with Crippen LogP contribution < -0.4 is 10.6 Å². The Balaban J connectivity index is 1.69. The molecule has 0 saturated carbocycles. The maximum absolute atomic E-state index is 11.9. The lowest BCUT2D eigenvalue weighted by Crippen LogP contribution is -2.36. The van der Waals surface area contributed by atoms with Crippen LogP contribution in [-0.2, 0) is 11.3 Å². The van der Waals surface area contributed by atoms with E-state index >= 15 is 0 Å². The van der Waals surface area contributed by atoms with E-state index in [1.54, 1.807) is 7.11 Å². The summed E-state index contributed by atoms with van der Waals surface area (Å²) in [7, 11) is 1.62. The van der Waals surface area contributed by atoms with Crippen molar-refractivity contribution in [2.45, 2.75) is 6.54 Å². The molecule has 0 aromatic heterocycles. The van der Waals surface area contributed by atoms with Crippen molar-refractivity contribution in [3.8, 4) is 0 Å². The van der Waals surface area contributed by atoms with Gasteiger partial charge in [-0.05, 0) is 37.9 Å². The summed E-state index contributed by atoms with van der Waals surface area (Å²) in [6, 6.07) is 19.1. The molecular weight excluding hydrogens is 312 g/mol. The molecule has 0 bridgehead atoms. The lowest BCUT2D eigenvalue weighted by atomic mass is 9.92. The highest BCUT2D eigenvalue weighted by atomic mass is 16.5. The molecular formula is C21H20N2O2. The third-order valence-electron chi connectivity index (χ3n) is 4.65. The van der Waals surface area contributed by atoms with Gasteiger partial charge in [0.1, 0.15) is 0 Å². The van der Waals surface area contributed by atoms with Crippen molar-refractivity contribution in [3.63, 3.8) is 0 Å². The zero-order chi connectivity index (χ0) is 17.2. The zero-order valence-electron chi connectivity index (χ0n) is 14.1. The van der Waals surface area contributed by atoms with E-state index < -0.39 is 0 Å². The van der Waals surface area contributed by atoms with E-state index in [0.29, 0.717) is 19.7 Å². The predicted molar refractivity (Wildman–Crippen MR) is 102 cm³/mol. The quantitative estimate of drug-likeness (QED) is 0.428. The van der Waals surface area contributed by atoms with Gasteiger partial charge in [-0.3, -0.25) is 0 Å². The number of ether oxygens (including phenoxy) is 1. The van der Waals surface area contributed by atoms with Gasteiger partial charge in [0.15, 0.2) is 0 Å². The molecule has 0 unspecified atom stereocenters. The third kappa shape index (κ3) is 2.85. The summed E-state index contributed by atoms with van der Waals surface area (Å²) in [5.74, 6) is 0. The molecule has 0 atom stereocenters. The molecule has 4 rings (SSSR count). The number of urea groups is 1. The van der Waals surface area contributed by atoms with Crippen LogP contribution in [0, 0.1) is 0 Å². The SMILES string of the molecule is COCCNC(=O)NCc1ccc2ccc3cccc4ccc1c2c34. The van der Waals surface area contributed by atoms with Gasteiger partial charge < -0.3 is 15.4 Å². The Hall–Kier alpha value is -2.85. The normalized spacial score (nSPS) is 11.4. The van der Waals surface area contributed by atoms with Crippen LogP contribution >= 0.6 is 0 Å². The van der Waals surface area contributed by atoms with Gasteiger partial charge in [-0.2, -0.15) is 0 Å². The lowest BCUT2D eigenvalue weighted by molar-refractivity contribution is 0.196. The maximum Gasteiger partial charge on any atom is 0.315 e. The second kappa shape index (κ2) is 6.57. The van der Waals surface area contributed by atoms with Gasteiger partial charge in [-0.25, -0.2) is 4.79 Å². The summed E-state index contributed by atoms with van der Waals surface area (Å²) in [6.45, 7) is 1.50. The lowest BCUT2D eigenvalue weighted by Gasteiger charge is -2.14. The van der Waals surface area contributed by atoms with Crippen molar-refractivity contribution in [2.24, 2.45) is 0 Å². The van der Waals surface area contributed by atoms with Crippen molar-refractivity contribution < 1.29 is 9.53 Å². The molecule has 4 heteroatoms. The van der Waals surface area contributed by atoms with Gasteiger partial charge in [-0.1, -0.05) is 54.6 Å². The van der Waals surface area contributed by atoms with Gasteiger partial charge >= 0.3 is 6.03 Å². The summed E-state index contributed by atoms with van der Waals surface area (Å²) < 4.78 is 4.94. The average molecular weight is 332 g/mol. The van der Waals surface area contributed by atoms with Crippen LogP contribution in [0.1, 0.15) is 5.56 Å². The molecule has 0 aliphatic carbocycles. The van der Waals surface area contributed by atoms with E-state index in [-0.39, 0.29) is 6.03 Å². The molecule has 0 aliphatic rings. The minimum Gasteiger partial charge on any atom is -0.383 e. The number of carbonyl (C=O) groups is 1. The number of nitrogens with one attached hydrogen (secondary N) is 2. The van der Waals surface area contributed by atoms with Crippen LogP contribution in [0.25, 0.3) is 32.3 Å². The number of amides is 2. The number of hydrogen-bond donors (Lipinski definition) is 2. The van der Waals surface area contributed by atoms with Crippen molar-refractivity contribution in [1.82, 2.24) is 10.6 Å². The van der Waals surface area contributed by atoms with Gasteiger partial charge in [0, 0.05) is 20.2 Å². The fourth-order valence-electron chi connectivity index (χ4n) is 3.45. The molecule has 0 heterocycles. The second-order valence-electron chi connectivity index (χ2n) is 6.18. The molecule has 126 valence electrons. The van der Waals surface area contributed by atoms with Crippen molar-refractivity contribution >= 4 is 38.3 Å². The summed E-state index contributed by atoms with van der Waals surface area (Å²) in [4.78, 5) is 11.9. The molecule has 4 aromatic carbocycles. The highest BCUT2D eigenvalue weighted by molar-refractivity contribution is 6.23. The maximum atomic E-state index is 11.9. The Morgan fingerprint density at radius 1 is 0.880 bits per heavy atom. The van der Waals surface area contributed by atoms with Crippen LogP contribution in [0.2, 0.25) is 0 Å². The Morgan fingerprint density at radius 3 is 2.32 bits per heavy atom. The van der Waals surface area contributed by atoms with Crippen LogP contribution in [0.3, 0.4) is 0 Å². The smallest absolute Gasteiger partial charge is 0.315 e. The standard InChI is InChI=1S/C21H20N2O2/c1-25-12-11-22-21(24)23-13-17-8-7-16-6-5-14-3-2-4-15-9-10-18(17)20(16)19(14)15/h2-10H,11-13H2,1H3,(H2,22,23,24). The third-order valence-corrected chi connectivity index (χ3v) is 4.65. The molecule has 2 amide bonds. The average Bonchev–Trinajstić information content (AvgIpc) is 2.65. The first-order chi connectivity index (χ1) is 12.3. The van der Waals surface area contributed by atoms with E-state index in [4.69, 9.17) is 4.74 Å². The first-order valence-corrected chi connectivity index (χ1v) is 8.44. The van der Waals surface area contributed by atoms with Gasteiger partial charge in [-0.15, -0.1) is 0 Å². The predicted octanol–water partition coefficient (Wildman–Crippen LogP) is 4.03. The Morgan fingerprint density at radius 2 is 1.56 bits per heavy atom. The summed E-state index contributed by atoms with van der Waals surface area (Å²) in [5, 5.41) is 13.2. The molecule has 0 fully saturated rings. The minimum atomic E-state index is -0.178. The van der Waals surface area contributed by atoms with Gasteiger partial charge in [0.05, 0.1) is 6.61 Å². The second-order valence-corrected chi connectivity index (χ2v) is 6.18. The summed E-state index contributed by atoms with van der Waals surface area (Å²) in [5.41, 5.74) is 1.12.